The molecule has 0 radical (unpaired) electrons. The summed E-state index contributed by atoms with van der Waals surface area (Å²) in [4.78, 5) is 25.0. The van der Waals surface area contributed by atoms with Gasteiger partial charge in [0, 0.05) is 6.61 Å². The lowest BCUT2D eigenvalue weighted by molar-refractivity contribution is -0.164. The molecule has 116 valence electrons. The highest BCUT2D eigenvalue weighted by atomic mass is 16.5. The third-order valence-corrected chi connectivity index (χ3v) is 4.00. The molecule has 0 aromatic carbocycles. The van der Waals surface area contributed by atoms with Crippen LogP contribution < -0.4 is 0 Å². The predicted octanol–water partition coefficient (Wildman–Crippen LogP) is 3.27. The molecule has 1 atom stereocenters. The van der Waals surface area contributed by atoms with E-state index in [0.29, 0.717) is 19.6 Å². The Morgan fingerprint density at radius 2 is 1.70 bits per heavy atom. The van der Waals surface area contributed by atoms with E-state index in [1.807, 2.05) is 13.8 Å². The third-order valence-electron chi connectivity index (χ3n) is 4.00. The maximum absolute atomic E-state index is 12.9. The Labute approximate surface area is 122 Å². The average molecular weight is 284 g/mol. The van der Waals surface area contributed by atoms with Crippen LogP contribution in [0.3, 0.4) is 0 Å². The van der Waals surface area contributed by atoms with E-state index in [-0.39, 0.29) is 11.8 Å². The molecule has 1 aliphatic rings. The Bertz CT molecular complexity index is 313. The number of hydrogen-bond acceptors (Lipinski definition) is 4. The van der Waals surface area contributed by atoms with Gasteiger partial charge in [-0.25, -0.2) is 0 Å². The second kappa shape index (κ2) is 8.40. The van der Waals surface area contributed by atoms with E-state index in [1.54, 1.807) is 6.92 Å². The first kappa shape index (κ1) is 17.2. The van der Waals surface area contributed by atoms with Crippen molar-refractivity contribution in [1.82, 2.24) is 0 Å². The fourth-order valence-corrected chi connectivity index (χ4v) is 3.07. The Morgan fingerprint density at radius 3 is 2.20 bits per heavy atom. The fourth-order valence-electron chi connectivity index (χ4n) is 3.07. The Balaban J connectivity index is 2.90. The van der Waals surface area contributed by atoms with Gasteiger partial charge in [0.05, 0.1) is 6.61 Å². The number of hydrogen-bond donors (Lipinski definition) is 0. The van der Waals surface area contributed by atoms with Gasteiger partial charge >= 0.3 is 5.97 Å². The third kappa shape index (κ3) is 4.05. The van der Waals surface area contributed by atoms with Crippen molar-refractivity contribution in [3.05, 3.63) is 0 Å². The van der Waals surface area contributed by atoms with E-state index in [2.05, 4.69) is 0 Å². The van der Waals surface area contributed by atoms with Gasteiger partial charge in [-0.15, -0.1) is 0 Å². The summed E-state index contributed by atoms with van der Waals surface area (Å²) in [6, 6.07) is 0. The van der Waals surface area contributed by atoms with Crippen LogP contribution in [0.2, 0.25) is 0 Å². The molecular weight excluding hydrogens is 256 g/mol. The van der Waals surface area contributed by atoms with Crippen molar-refractivity contribution >= 4 is 11.8 Å². The highest BCUT2D eigenvalue weighted by Gasteiger charge is 2.45. The summed E-state index contributed by atoms with van der Waals surface area (Å²) < 4.78 is 10.9. The summed E-state index contributed by atoms with van der Waals surface area (Å²) in [5.41, 5.74) is -0.750. The second-order valence-electron chi connectivity index (χ2n) is 5.45. The van der Waals surface area contributed by atoms with Gasteiger partial charge < -0.3 is 9.47 Å². The van der Waals surface area contributed by atoms with Crippen molar-refractivity contribution < 1.29 is 19.1 Å². The van der Waals surface area contributed by atoms with E-state index in [9.17, 15) is 9.59 Å². The van der Waals surface area contributed by atoms with Crippen molar-refractivity contribution in [3.63, 3.8) is 0 Å². The Morgan fingerprint density at radius 1 is 1.05 bits per heavy atom. The zero-order valence-corrected chi connectivity index (χ0v) is 13.1. The molecule has 1 fully saturated rings. The molecule has 1 unspecified atom stereocenters. The number of carbonyl (C=O) groups is 2. The summed E-state index contributed by atoms with van der Waals surface area (Å²) in [5.74, 6) is -1.10. The van der Waals surface area contributed by atoms with Gasteiger partial charge in [-0.1, -0.05) is 32.6 Å². The molecular formula is C16H28O4. The van der Waals surface area contributed by atoms with E-state index < -0.39 is 11.5 Å². The quantitative estimate of drug-likeness (QED) is 0.507. The van der Waals surface area contributed by atoms with Crippen molar-refractivity contribution in [2.24, 2.45) is 5.92 Å². The van der Waals surface area contributed by atoms with Crippen molar-refractivity contribution in [1.29, 1.82) is 0 Å². The average Bonchev–Trinajstić information content (AvgIpc) is 2.45. The first-order valence-corrected chi connectivity index (χ1v) is 7.96. The number of rotatable bonds is 8. The first-order chi connectivity index (χ1) is 9.61. The number of esters is 1. The lowest BCUT2D eigenvalue weighted by Crippen LogP contribution is -2.49. The van der Waals surface area contributed by atoms with Crippen molar-refractivity contribution in [2.45, 2.75) is 71.3 Å². The molecule has 0 N–H and O–H groups in total. The predicted molar refractivity (Wildman–Crippen MR) is 77.5 cm³/mol. The normalized spacial score (nSPS) is 19.4. The van der Waals surface area contributed by atoms with Crippen LogP contribution in [0, 0.1) is 5.92 Å². The second-order valence-corrected chi connectivity index (χ2v) is 5.45. The minimum absolute atomic E-state index is 0.0562. The van der Waals surface area contributed by atoms with E-state index in [4.69, 9.17) is 9.47 Å². The minimum atomic E-state index is -0.750. The largest absolute Gasteiger partial charge is 0.465 e. The summed E-state index contributed by atoms with van der Waals surface area (Å²) in [7, 11) is 0. The summed E-state index contributed by atoms with van der Waals surface area (Å²) >= 11 is 0. The van der Waals surface area contributed by atoms with Crippen LogP contribution in [-0.2, 0) is 19.1 Å². The Kier molecular flexibility index (Phi) is 7.20. The zero-order chi connectivity index (χ0) is 15.0. The van der Waals surface area contributed by atoms with E-state index >= 15 is 0 Å². The van der Waals surface area contributed by atoms with Gasteiger partial charge in [0.1, 0.15) is 11.5 Å². The van der Waals surface area contributed by atoms with E-state index in [0.717, 1.165) is 38.5 Å². The highest BCUT2D eigenvalue weighted by molar-refractivity contribution is 6.03. The van der Waals surface area contributed by atoms with Gasteiger partial charge in [-0.3, -0.25) is 9.59 Å². The maximum Gasteiger partial charge on any atom is 0.316 e. The monoisotopic (exact) mass is 284 g/mol. The van der Waals surface area contributed by atoms with Crippen molar-refractivity contribution in [3.8, 4) is 0 Å². The number of ether oxygens (including phenoxy) is 2. The molecule has 0 spiro atoms. The molecule has 0 bridgehead atoms. The molecule has 0 amide bonds. The van der Waals surface area contributed by atoms with Gasteiger partial charge in [-0.2, -0.15) is 0 Å². The molecule has 0 heterocycles. The summed E-state index contributed by atoms with van der Waals surface area (Å²) in [6.45, 7) is 6.47. The van der Waals surface area contributed by atoms with E-state index in [1.165, 1.54) is 0 Å². The number of ketones is 1. The first-order valence-electron chi connectivity index (χ1n) is 7.96. The molecule has 4 heteroatoms. The number of carbonyl (C=O) groups excluding carboxylic acids is 2. The molecule has 0 aromatic heterocycles. The maximum atomic E-state index is 12.9. The van der Waals surface area contributed by atoms with Gasteiger partial charge in [0.15, 0.2) is 5.78 Å². The van der Waals surface area contributed by atoms with Crippen LogP contribution in [0.1, 0.15) is 65.7 Å². The smallest absolute Gasteiger partial charge is 0.316 e. The highest BCUT2D eigenvalue weighted by Crippen LogP contribution is 2.35. The van der Waals surface area contributed by atoms with Gasteiger partial charge in [0.2, 0.25) is 0 Å². The van der Waals surface area contributed by atoms with Crippen LogP contribution in [-0.4, -0.2) is 30.6 Å². The van der Waals surface area contributed by atoms with Crippen LogP contribution in [0.25, 0.3) is 0 Å². The summed E-state index contributed by atoms with van der Waals surface area (Å²) in [6.07, 6.45) is 5.93. The Hall–Kier alpha value is -0.900. The topological polar surface area (TPSA) is 52.6 Å². The van der Waals surface area contributed by atoms with Gasteiger partial charge in [-0.05, 0) is 33.1 Å². The molecule has 1 rings (SSSR count). The SMILES string of the molecule is CCCC(C(=O)OCC)C(=O)C1(OCC)CCCCC1. The van der Waals surface area contributed by atoms with Crippen molar-refractivity contribution in [2.75, 3.05) is 13.2 Å². The number of Topliss-reactive ketones (excluding diaryl/α,β-unsaturated/α-hetero) is 1. The standard InChI is InChI=1S/C16H28O4/c1-4-10-13(15(18)19-5-2)14(17)16(20-6-3)11-8-7-9-12-16/h13H,4-12H2,1-3H3. The molecule has 1 aliphatic carbocycles. The lowest BCUT2D eigenvalue weighted by Gasteiger charge is -2.37. The van der Waals surface area contributed by atoms with Crippen LogP contribution in [0.15, 0.2) is 0 Å². The minimum Gasteiger partial charge on any atom is -0.465 e. The van der Waals surface area contributed by atoms with Crippen LogP contribution in [0.4, 0.5) is 0 Å². The van der Waals surface area contributed by atoms with Crippen LogP contribution >= 0.6 is 0 Å². The molecule has 0 aliphatic heterocycles. The molecule has 0 aromatic rings. The molecule has 20 heavy (non-hydrogen) atoms. The van der Waals surface area contributed by atoms with Gasteiger partial charge in [0.25, 0.3) is 0 Å². The molecule has 0 saturated heterocycles. The lowest BCUT2D eigenvalue weighted by atomic mass is 9.76. The zero-order valence-electron chi connectivity index (χ0n) is 13.1. The fraction of sp³-hybridized carbons (Fsp3) is 0.875. The molecule has 4 nitrogen and oxygen atoms in total. The van der Waals surface area contributed by atoms with Crippen LogP contribution in [0.5, 0.6) is 0 Å². The molecule has 1 saturated carbocycles. The summed E-state index contributed by atoms with van der Waals surface area (Å²) in [5, 5.41) is 0.